The number of nitrogens with two attached hydrogens (primary N) is 1. The number of aliphatic hydroxyl groups excluding tert-OH is 2. The van der Waals surface area contributed by atoms with Crippen molar-refractivity contribution in [2.75, 3.05) is 0 Å². The molecule has 8 aliphatic rings. The van der Waals surface area contributed by atoms with Crippen LogP contribution in [0.5, 0.6) is 0 Å². The van der Waals surface area contributed by atoms with Crippen molar-refractivity contribution in [2.24, 2.45) is 63.4 Å². The quantitative estimate of drug-likeness (QED) is 0.173. The number of aliphatic hydroxyl groups is 3. The number of ether oxygens (including phenoxy) is 6. The number of rotatable bonds is 3. The summed E-state index contributed by atoms with van der Waals surface area (Å²) < 4.78 is 36.5. The van der Waals surface area contributed by atoms with Crippen molar-refractivity contribution >= 4 is 23.9 Å². The van der Waals surface area contributed by atoms with E-state index in [2.05, 4.69) is 0 Å². The maximum atomic E-state index is 13.3. The zero-order chi connectivity index (χ0) is 35.0. The summed E-state index contributed by atoms with van der Waals surface area (Å²) in [5, 5.41) is 37.1. The number of epoxide rings is 2. The summed E-state index contributed by atoms with van der Waals surface area (Å²) in [7, 11) is 0. The SMILES string of the molecule is CC(=O)O[C@H]1C2C([C@@H](O)[C@@H](N)[C@H]3C[C@@H]4O[C@@H]4[C@H](OC(C)=O)[C@]23C)[C@@H]2[C@@H](O)[C@@H]3[C@H]([C@H](C)[C@H]4O[C@]45OC(=O)[C@@](C)(O)[C@]35C)[C@@]2(C)[C@H]1OC(C)=O. The number of carbonyl (C=O) groups is 4. The molecule has 14 heteroatoms. The summed E-state index contributed by atoms with van der Waals surface area (Å²) in [4.78, 5) is 52.0. The highest BCUT2D eigenvalue weighted by Gasteiger charge is 2.93. The highest BCUT2D eigenvalue weighted by Crippen LogP contribution is 2.80. The van der Waals surface area contributed by atoms with Crippen LogP contribution in [0.3, 0.4) is 0 Å². The minimum absolute atomic E-state index is 0.238. The third kappa shape index (κ3) is 3.45. The van der Waals surface area contributed by atoms with Gasteiger partial charge < -0.3 is 49.5 Å². The summed E-state index contributed by atoms with van der Waals surface area (Å²) in [5.41, 5.74) is 1.15. The van der Waals surface area contributed by atoms with E-state index in [1.807, 2.05) is 20.8 Å². The van der Waals surface area contributed by atoms with Crippen LogP contribution in [0.15, 0.2) is 0 Å². The maximum absolute atomic E-state index is 13.3. The molecule has 266 valence electrons. The van der Waals surface area contributed by atoms with Crippen molar-refractivity contribution in [2.45, 2.75) is 128 Å². The van der Waals surface area contributed by atoms with Gasteiger partial charge in [-0.2, -0.15) is 0 Å². The molecule has 0 radical (unpaired) electrons. The van der Waals surface area contributed by atoms with Crippen molar-refractivity contribution in [3.8, 4) is 0 Å². The van der Waals surface area contributed by atoms with E-state index in [1.165, 1.54) is 27.7 Å². The van der Waals surface area contributed by atoms with E-state index < -0.39 is 142 Å². The summed E-state index contributed by atoms with van der Waals surface area (Å²) >= 11 is 0. The van der Waals surface area contributed by atoms with Gasteiger partial charge in [-0.3, -0.25) is 14.4 Å². The summed E-state index contributed by atoms with van der Waals surface area (Å²) in [6.07, 6.45) is -6.57. The number of hydrogen-bond donors (Lipinski definition) is 4. The second-order valence-corrected chi connectivity index (χ2v) is 16.8. The summed E-state index contributed by atoms with van der Waals surface area (Å²) in [6.45, 7) is 12.6. The van der Waals surface area contributed by atoms with Crippen molar-refractivity contribution < 1.29 is 62.9 Å². The van der Waals surface area contributed by atoms with Crippen LogP contribution in [0.2, 0.25) is 0 Å². The molecule has 5 aliphatic carbocycles. The molecular formula is C34H47NO13. The molecule has 8 rings (SSSR count). The van der Waals surface area contributed by atoms with Crippen LogP contribution in [0.1, 0.15) is 61.8 Å². The second kappa shape index (κ2) is 9.49. The predicted molar refractivity (Wildman–Crippen MR) is 159 cm³/mol. The molecule has 0 bridgehead atoms. The van der Waals surface area contributed by atoms with Crippen LogP contribution in [0.4, 0.5) is 0 Å². The molecule has 8 fully saturated rings. The first-order valence-corrected chi connectivity index (χ1v) is 17.1. The highest BCUT2D eigenvalue weighted by atomic mass is 16.8. The fraction of sp³-hybridized carbons (Fsp3) is 0.882. The average Bonchev–Trinajstić information content (AvgIpc) is 3.88. The summed E-state index contributed by atoms with van der Waals surface area (Å²) in [5.74, 6) is -9.06. The lowest BCUT2D eigenvalue weighted by atomic mass is 9.40. The standard InChI is InChI=1S/C34H47NO13/c1-10-17-20(32(7)33(8,42)29(41)48-34(32)26(10)47-34)23(40)18-16-19(25(43-11(2)36)28(31(17,18)6)45-13(4)38)30(5)14(21(35)22(16)39)9-15-24(46-15)27(30)44-12(3)37/h10,14-28,39-40,42H,9,35H2,1-8H3/t10-,14+,15-,16?,17-,18+,19?,20-,21-,22+,23+,24-,25-,26+,27-,28-,30-,31+,32-,33+,34-/m0/s1. The van der Waals surface area contributed by atoms with Gasteiger partial charge in [-0.1, -0.05) is 20.8 Å². The Morgan fingerprint density at radius 3 is 2.06 bits per heavy atom. The van der Waals surface area contributed by atoms with E-state index in [-0.39, 0.29) is 6.10 Å². The number of carbonyl (C=O) groups excluding carboxylic acids is 4. The first-order valence-electron chi connectivity index (χ1n) is 17.1. The van der Waals surface area contributed by atoms with E-state index in [0.717, 1.165) is 0 Å². The molecule has 0 aromatic carbocycles. The minimum atomic E-state index is -2.07. The lowest BCUT2D eigenvalue weighted by molar-refractivity contribution is -0.284. The van der Waals surface area contributed by atoms with E-state index in [4.69, 9.17) is 34.2 Å². The van der Waals surface area contributed by atoms with Crippen LogP contribution >= 0.6 is 0 Å². The van der Waals surface area contributed by atoms with Gasteiger partial charge >= 0.3 is 23.9 Å². The molecule has 48 heavy (non-hydrogen) atoms. The van der Waals surface area contributed by atoms with Crippen molar-refractivity contribution in [3.63, 3.8) is 0 Å². The van der Waals surface area contributed by atoms with Crippen LogP contribution in [-0.4, -0.2) is 105 Å². The van der Waals surface area contributed by atoms with Crippen LogP contribution in [-0.2, 0) is 47.6 Å². The van der Waals surface area contributed by atoms with Gasteiger partial charge in [-0.15, -0.1) is 0 Å². The minimum Gasteiger partial charge on any atom is -0.459 e. The molecular weight excluding hydrogens is 630 g/mol. The van der Waals surface area contributed by atoms with Gasteiger partial charge in [-0.25, -0.2) is 4.79 Å². The third-order valence-electron chi connectivity index (χ3n) is 15.0. The molecule has 5 N–H and O–H groups in total. The van der Waals surface area contributed by atoms with Crippen LogP contribution < -0.4 is 5.73 Å². The lowest BCUT2D eigenvalue weighted by Crippen LogP contribution is -2.76. The molecule has 1 spiro atoms. The van der Waals surface area contributed by atoms with E-state index in [0.29, 0.717) is 6.42 Å². The molecule has 3 aliphatic heterocycles. The molecule has 0 amide bonds. The Morgan fingerprint density at radius 2 is 1.46 bits per heavy atom. The van der Waals surface area contributed by atoms with Gasteiger partial charge in [0.25, 0.3) is 0 Å². The predicted octanol–water partition coefficient (Wildman–Crippen LogP) is -0.189. The van der Waals surface area contributed by atoms with Crippen molar-refractivity contribution in [1.82, 2.24) is 0 Å². The first-order chi connectivity index (χ1) is 22.2. The van der Waals surface area contributed by atoms with Gasteiger partial charge in [-0.05, 0) is 43.9 Å². The Labute approximate surface area is 278 Å². The normalized spacial score (nSPS) is 61.1. The van der Waals surface area contributed by atoms with Crippen molar-refractivity contribution in [1.29, 1.82) is 0 Å². The van der Waals surface area contributed by atoms with Gasteiger partial charge in [0, 0.05) is 55.4 Å². The second-order valence-electron chi connectivity index (χ2n) is 16.8. The third-order valence-corrected chi connectivity index (χ3v) is 15.0. The molecule has 14 nitrogen and oxygen atoms in total. The average molecular weight is 678 g/mol. The number of esters is 4. The maximum Gasteiger partial charge on any atom is 0.341 e. The number of hydrogen-bond acceptors (Lipinski definition) is 14. The van der Waals surface area contributed by atoms with Gasteiger partial charge in [0.1, 0.15) is 30.5 Å². The first kappa shape index (κ1) is 32.8. The molecule has 2 unspecified atom stereocenters. The fourth-order valence-corrected chi connectivity index (χ4v) is 13.2. The Bertz CT molecular complexity index is 1500. The zero-order valence-corrected chi connectivity index (χ0v) is 28.4. The Kier molecular flexibility index (Phi) is 6.49. The highest BCUT2D eigenvalue weighted by molar-refractivity contribution is 5.84. The Hall–Kier alpha value is -2.36. The van der Waals surface area contributed by atoms with Gasteiger partial charge in [0.2, 0.25) is 5.79 Å². The Morgan fingerprint density at radius 1 is 0.854 bits per heavy atom. The largest absolute Gasteiger partial charge is 0.459 e. The van der Waals surface area contributed by atoms with Gasteiger partial charge in [0.15, 0.2) is 5.60 Å². The molecule has 0 aromatic heterocycles. The molecule has 3 saturated heterocycles. The zero-order valence-electron chi connectivity index (χ0n) is 28.4. The number of fused-ring (bicyclic) bond motifs is 9. The van der Waals surface area contributed by atoms with E-state index in [1.54, 1.807) is 6.92 Å². The van der Waals surface area contributed by atoms with Gasteiger partial charge in [0.05, 0.1) is 23.7 Å². The summed E-state index contributed by atoms with van der Waals surface area (Å²) in [6, 6.07) is -0.850. The lowest BCUT2D eigenvalue weighted by Gasteiger charge is -2.67. The van der Waals surface area contributed by atoms with Crippen molar-refractivity contribution in [3.05, 3.63) is 0 Å². The van der Waals surface area contributed by atoms with Crippen LogP contribution in [0.25, 0.3) is 0 Å². The smallest absolute Gasteiger partial charge is 0.341 e. The van der Waals surface area contributed by atoms with E-state index in [9.17, 15) is 34.5 Å². The fourth-order valence-electron chi connectivity index (χ4n) is 13.2. The van der Waals surface area contributed by atoms with E-state index >= 15 is 0 Å². The Balaban J connectivity index is 1.38. The molecule has 21 atom stereocenters. The molecule has 5 saturated carbocycles. The van der Waals surface area contributed by atoms with Crippen LogP contribution in [0, 0.1) is 57.7 Å². The topological polar surface area (TPSA) is 217 Å². The molecule has 0 aromatic rings. The molecule has 3 heterocycles. The monoisotopic (exact) mass is 677 g/mol.